The van der Waals surface area contributed by atoms with Crippen LogP contribution < -0.4 is 4.74 Å². The predicted octanol–water partition coefficient (Wildman–Crippen LogP) is 2.15. The highest BCUT2D eigenvalue weighted by atomic mass is 16.5. The van der Waals surface area contributed by atoms with E-state index >= 15 is 0 Å². The van der Waals surface area contributed by atoms with Crippen LogP contribution in [-0.2, 0) is 13.2 Å². The molecule has 0 spiro atoms. The van der Waals surface area contributed by atoms with E-state index in [9.17, 15) is 0 Å². The zero-order chi connectivity index (χ0) is 11.2. The van der Waals surface area contributed by atoms with Crippen molar-refractivity contribution < 1.29 is 9.84 Å². The summed E-state index contributed by atoms with van der Waals surface area (Å²) in [5.74, 6) is 0.803. The Hall–Kier alpha value is -1.87. The Balaban J connectivity index is 2.05. The number of hydrogen-bond acceptors (Lipinski definition) is 3. The largest absolute Gasteiger partial charge is 0.487 e. The predicted molar refractivity (Wildman–Crippen MR) is 60.9 cm³/mol. The number of hydrogen-bond donors (Lipinski definition) is 1. The van der Waals surface area contributed by atoms with Crippen molar-refractivity contribution in [3.8, 4) is 5.75 Å². The molecule has 16 heavy (non-hydrogen) atoms. The number of benzene rings is 1. The second-order valence-electron chi connectivity index (χ2n) is 3.37. The van der Waals surface area contributed by atoms with Gasteiger partial charge in [-0.3, -0.25) is 4.98 Å². The maximum absolute atomic E-state index is 9.12. The second kappa shape index (κ2) is 5.28. The molecule has 0 aliphatic carbocycles. The SMILES string of the molecule is OCc1cccnc1COc1ccccc1. The molecule has 0 saturated carbocycles. The summed E-state index contributed by atoms with van der Waals surface area (Å²) in [6.07, 6.45) is 1.70. The molecule has 2 aromatic rings. The molecular weight excluding hydrogens is 202 g/mol. The van der Waals surface area contributed by atoms with Gasteiger partial charge >= 0.3 is 0 Å². The maximum atomic E-state index is 9.12. The van der Waals surface area contributed by atoms with Crippen molar-refractivity contribution in [3.63, 3.8) is 0 Å². The van der Waals surface area contributed by atoms with Crippen molar-refractivity contribution in [1.82, 2.24) is 4.98 Å². The van der Waals surface area contributed by atoms with Crippen molar-refractivity contribution in [2.75, 3.05) is 0 Å². The minimum Gasteiger partial charge on any atom is -0.487 e. The smallest absolute Gasteiger partial charge is 0.131 e. The Labute approximate surface area is 94.3 Å². The van der Waals surface area contributed by atoms with Crippen LogP contribution in [-0.4, -0.2) is 10.1 Å². The number of rotatable bonds is 4. The highest BCUT2D eigenvalue weighted by Gasteiger charge is 2.02. The summed E-state index contributed by atoms with van der Waals surface area (Å²) in [4.78, 5) is 4.18. The van der Waals surface area contributed by atoms with Gasteiger partial charge in [-0.1, -0.05) is 24.3 Å². The summed E-state index contributed by atoms with van der Waals surface area (Å²) in [5.41, 5.74) is 1.58. The number of para-hydroxylation sites is 1. The lowest BCUT2D eigenvalue weighted by Crippen LogP contribution is -2.02. The van der Waals surface area contributed by atoms with Gasteiger partial charge in [-0.15, -0.1) is 0 Å². The first kappa shape index (κ1) is 10.6. The van der Waals surface area contributed by atoms with Gasteiger partial charge in [0, 0.05) is 11.8 Å². The zero-order valence-corrected chi connectivity index (χ0v) is 8.84. The summed E-state index contributed by atoms with van der Waals surface area (Å²) < 4.78 is 5.56. The molecule has 0 aliphatic rings. The maximum Gasteiger partial charge on any atom is 0.131 e. The highest BCUT2D eigenvalue weighted by molar-refractivity contribution is 5.23. The van der Waals surface area contributed by atoms with E-state index in [0.717, 1.165) is 17.0 Å². The number of ether oxygens (including phenoxy) is 1. The lowest BCUT2D eigenvalue weighted by atomic mass is 10.2. The lowest BCUT2D eigenvalue weighted by Gasteiger charge is -2.08. The van der Waals surface area contributed by atoms with Crippen molar-refractivity contribution in [3.05, 3.63) is 59.9 Å². The van der Waals surface area contributed by atoms with E-state index in [1.54, 1.807) is 12.3 Å². The molecule has 2 rings (SSSR count). The molecule has 1 heterocycles. The van der Waals surface area contributed by atoms with E-state index in [-0.39, 0.29) is 6.61 Å². The average Bonchev–Trinajstić information content (AvgIpc) is 2.38. The van der Waals surface area contributed by atoms with Crippen molar-refractivity contribution >= 4 is 0 Å². The second-order valence-corrected chi connectivity index (χ2v) is 3.37. The number of pyridine rings is 1. The number of aliphatic hydroxyl groups excluding tert-OH is 1. The molecule has 0 bridgehead atoms. The van der Waals surface area contributed by atoms with E-state index in [0.29, 0.717) is 6.61 Å². The van der Waals surface area contributed by atoms with Crippen molar-refractivity contribution in [2.45, 2.75) is 13.2 Å². The molecule has 3 heteroatoms. The van der Waals surface area contributed by atoms with Crippen LogP contribution in [0.15, 0.2) is 48.7 Å². The Bertz CT molecular complexity index is 443. The van der Waals surface area contributed by atoms with Crippen molar-refractivity contribution in [2.24, 2.45) is 0 Å². The van der Waals surface area contributed by atoms with Crippen LogP contribution in [0.1, 0.15) is 11.3 Å². The van der Waals surface area contributed by atoms with E-state index in [2.05, 4.69) is 4.98 Å². The van der Waals surface area contributed by atoms with Gasteiger partial charge in [0.2, 0.25) is 0 Å². The van der Waals surface area contributed by atoms with E-state index < -0.39 is 0 Å². The number of nitrogens with zero attached hydrogens (tertiary/aromatic N) is 1. The van der Waals surface area contributed by atoms with Gasteiger partial charge in [0.25, 0.3) is 0 Å². The average molecular weight is 215 g/mol. The number of aliphatic hydroxyl groups is 1. The van der Waals surface area contributed by atoms with Gasteiger partial charge in [-0.2, -0.15) is 0 Å². The number of aromatic nitrogens is 1. The minimum absolute atomic E-state index is 0.0126. The zero-order valence-electron chi connectivity index (χ0n) is 8.84. The van der Waals surface area contributed by atoms with Crippen molar-refractivity contribution in [1.29, 1.82) is 0 Å². The van der Waals surface area contributed by atoms with Gasteiger partial charge in [0.1, 0.15) is 12.4 Å². The van der Waals surface area contributed by atoms with Crippen LogP contribution in [0.4, 0.5) is 0 Å². The summed E-state index contributed by atoms with van der Waals surface area (Å²) in [5, 5.41) is 9.12. The quantitative estimate of drug-likeness (QED) is 0.849. The molecule has 1 aromatic carbocycles. The Morgan fingerprint density at radius 2 is 1.88 bits per heavy atom. The first-order valence-corrected chi connectivity index (χ1v) is 5.11. The van der Waals surface area contributed by atoms with Gasteiger partial charge < -0.3 is 9.84 Å². The Kier molecular flexibility index (Phi) is 3.51. The molecule has 0 unspecified atom stereocenters. The molecular formula is C13H13NO2. The molecule has 0 saturated heterocycles. The van der Waals surface area contributed by atoms with Gasteiger partial charge in [0.15, 0.2) is 0 Å². The molecule has 0 fully saturated rings. The minimum atomic E-state index is -0.0126. The molecule has 0 aliphatic heterocycles. The molecule has 0 amide bonds. The van der Waals surface area contributed by atoms with Crippen LogP contribution in [0.25, 0.3) is 0 Å². The van der Waals surface area contributed by atoms with Crippen LogP contribution in [0.2, 0.25) is 0 Å². The topological polar surface area (TPSA) is 42.4 Å². The molecule has 0 atom stereocenters. The van der Waals surface area contributed by atoms with Crippen LogP contribution in [0.3, 0.4) is 0 Å². The normalized spacial score (nSPS) is 10.1. The Morgan fingerprint density at radius 1 is 1.06 bits per heavy atom. The summed E-state index contributed by atoms with van der Waals surface area (Å²) >= 11 is 0. The van der Waals surface area contributed by atoms with E-state index in [1.807, 2.05) is 36.4 Å². The first-order valence-electron chi connectivity index (χ1n) is 5.11. The molecule has 82 valence electrons. The van der Waals surface area contributed by atoms with Crippen LogP contribution in [0.5, 0.6) is 5.75 Å². The first-order chi connectivity index (χ1) is 7.90. The fraction of sp³-hybridized carbons (Fsp3) is 0.154. The van der Waals surface area contributed by atoms with Crippen LogP contribution >= 0.6 is 0 Å². The van der Waals surface area contributed by atoms with Crippen LogP contribution in [0, 0.1) is 0 Å². The van der Waals surface area contributed by atoms with Gasteiger partial charge in [-0.05, 0) is 18.2 Å². The molecule has 1 N–H and O–H groups in total. The molecule has 3 nitrogen and oxygen atoms in total. The fourth-order valence-corrected chi connectivity index (χ4v) is 1.41. The highest BCUT2D eigenvalue weighted by Crippen LogP contribution is 2.12. The Morgan fingerprint density at radius 3 is 2.62 bits per heavy atom. The summed E-state index contributed by atoms with van der Waals surface area (Å²) in [6, 6.07) is 13.2. The third kappa shape index (κ3) is 2.58. The van der Waals surface area contributed by atoms with Gasteiger partial charge in [-0.25, -0.2) is 0 Å². The monoisotopic (exact) mass is 215 g/mol. The standard InChI is InChI=1S/C13H13NO2/c15-9-11-5-4-8-14-13(11)10-16-12-6-2-1-3-7-12/h1-8,15H,9-10H2. The third-order valence-corrected chi connectivity index (χ3v) is 2.27. The van der Waals surface area contributed by atoms with E-state index in [1.165, 1.54) is 0 Å². The third-order valence-electron chi connectivity index (χ3n) is 2.27. The fourth-order valence-electron chi connectivity index (χ4n) is 1.41. The lowest BCUT2D eigenvalue weighted by molar-refractivity contribution is 0.266. The molecule has 0 radical (unpaired) electrons. The van der Waals surface area contributed by atoms with E-state index in [4.69, 9.17) is 9.84 Å². The molecule has 1 aromatic heterocycles. The summed E-state index contributed by atoms with van der Waals surface area (Å²) in [6.45, 7) is 0.363. The van der Waals surface area contributed by atoms with Gasteiger partial charge in [0.05, 0.1) is 12.3 Å². The summed E-state index contributed by atoms with van der Waals surface area (Å²) in [7, 11) is 0.